The number of allylic oxidation sites excluding steroid dienone is 3. The summed E-state index contributed by atoms with van der Waals surface area (Å²) in [5.41, 5.74) is 5.37. The summed E-state index contributed by atoms with van der Waals surface area (Å²) in [6.07, 6.45) is 8.88. The Kier molecular flexibility index (Phi) is 11.9. The quantitative estimate of drug-likeness (QED) is 0.0790. The Bertz CT molecular complexity index is 2520. The minimum absolute atomic E-state index is 0.0406. The summed E-state index contributed by atoms with van der Waals surface area (Å²) < 4.78 is 0. The number of fused-ring (bicyclic) bond motifs is 4. The highest BCUT2D eigenvalue weighted by molar-refractivity contribution is 6.13. The molecule has 284 valence electrons. The van der Waals surface area contributed by atoms with E-state index in [2.05, 4.69) is 147 Å². The van der Waals surface area contributed by atoms with Crippen molar-refractivity contribution in [1.29, 1.82) is 10.5 Å². The predicted molar refractivity (Wildman–Crippen MR) is 238 cm³/mol. The molecule has 0 heterocycles. The van der Waals surface area contributed by atoms with E-state index in [0.29, 0.717) is 11.1 Å². The fourth-order valence-corrected chi connectivity index (χ4v) is 8.67. The number of benzene rings is 6. The molecule has 6 aromatic carbocycles. The SMILES string of the molecule is CCCCN(CCCC)c1ccc(C2=C(O)C(c3ccc(N(CCCC)CCCC)c4cc5ccccc5cc34)C2=C(C#N)C#N)c2cc3ccccc3cc12. The third kappa shape index (κ3) is 7.20. The van der Waals surface area contributed by atoms with Crippen molar-refractivity contribution >= 4 is 60.0 Å². The first-order valence-corrected chi connectivity index (χ1v) is 20.9. The molecular weight excluding hydrogens is 685 g/mol. The van der Waals surface area contributed by atoms with E-state index >= 15 is 0 Å². The van der Waals surface area contributed by atoms with Crippen LogP contribution >= 0.6 is 0 Å². The number of nitriles is 2. The van der Waals surface area contributed by atoms with Crippen molar-refractivity contribution in [3.8, 4) is 12.1 Å². The Morgan fingerprint density at radius 1 is 0.554 bits per heavy atom. The van der Waals surface area contributed by atoms with Crippen LogP contribution in [0.25, 0.3) is 48.7 Å². The minimum atomic E-state index is -0.613. The highest BCUT2D eigenvalue weighted by atomic mass is 16.3. The first-order chi connectivity index (χ1) is 27.5. The first-order valence-electron chi connectivity index (χ1n) is 20.9. The molecule has 0 fully saturated rings. The van der Waals surface area contributed by atoms with E-state index in [0.717, 1.165) is 132 Å². The molecule has 1 aliphatic carbocycles. The van der Waals surface area contributed by atoms with Gasteiger partial charge in [0, 0.05) is 59.5 Å². The van der Waals surface area contributed by atoms with Crippen LogP contribution in [0.15, 0.2) is 114 Å². The molecule has 7 rings (SSSR count). The molecule has 0 spiro atoms. The second-order valence-corrected chi connectivity index (χ2v) is 15.4. The lowest BCUT2D eigenvalue weighted by Crippen LogP contribution is -2.27. The Balaban J connectivity index is 1.47. The smallest absolute Gasteiger partial charge is 0.134 e. The summed E-state index contributed by atoms with van der Waals surface area (Å²) >= 11 is 0. The Morgan fingerprint density at radius 3 is 1.41 bits per heavy atom. The maximum absolute atomic E-state index is 12.5. The molecule has 56 heavy (non-hydrogen) atoms. The van der Waals surface area contributed by atoms with Crippen LogP contribution in [0.2, 0.25) is 0 Å². The lowest BCUT2D eigenvalue weighted by atomic mass is 9.68. The molecule has 5 heteroatoms. The van der Waals surface area contributed by atoms with Crippen molar-refractivity contribution in [3.63, 3.8) is 0 Å². The molecule has 1 aliphatic rings. The van der Waals surface area contributed by atoms with E-state index in [1.54, 1.807) is 0 Å². The zero-order valence-corrected chi connectivity index (χ0v) is 33.5. The van der Waals surface area contributed by atoms with Crippen LogP contribution in [-0.2, 0) is 0 Å². The molecular formula is C51H54N4O. The number of hydrogen-bond donors (Lipinski definition) is 1. The van der Waals surface area contributed by atoms with Gasteiger partial charge < -0.3 is 14.9 Å². The van der Waals surface area contributed by atoms with Crippen molar-refractivity contribution in [2.24, 2.45) is 0 Å². The van der Waals surface area contributed by atoms with Crippen LogP contribution in [-0.4, -0.2) is 31.3 Å². The third-order valence-corrected chi connectivity index (χ3v) is 11.7. The van der Waals surface area contributed by atoms with Gasteiger partial charge in [-0.05, 0) is 106 Å². The fraction of sp³-hybridized carbons (Fsp3) is 0.333. The van der Waals surface area contributed by atoms with Gasteiger partial charge in [0.1, 0.15) is 23.5 Å². The van der Waals surface area contributed by atoms with E-state index in [-0.39, 0.29) is 11.3 Å². The molecule has 1 atom stereocenters. The van der Waals surface area contributed by atoms with Crippen LogP contribution in [0.1, 0.15) is 96.1 Å². The van der Waals surface area contributed by atoms with Gasteiger partial charge in [-0.1, -0.05) is 114 Å². The van der Waals surface area contributed by atoms with Gasteiger partial charge in [0.15, 0.2) is 0 Å². The topological polar surface area (TPSA) is 74.3 Å². The highest BCUT2D eigenvalue weighted by Crippen LogP contribution is 2.56. The van der Waals surface area contributed by atoms with Gasteiger partial charge in [0.2, 0.25) is 0 Å². The maximum Gasteiger partial charge on any atom is 0.134 e. The van der Waals surface area contributed by atoms with E-state index in [4.69, 9.17) is 0 Å². The van der Waals surface area contributed by atoms with Crippen molar-refractivity contribution in [1.82, 2.24) is 0 Å². The molecule has 0 saturated heterocycles. The number of rotatable bonds is 16. The Hall–Kier alpha value is -5.78. The minimum Gasteiger partial charge on any atom is -0.511 e. The maximum atomic E-state index is 12.5. The molecule has 0 amide bonds. The monoisotopic (exact) mass is 738 g/mol. The van der Waals surface area contributed by atoms with Crippen molar-refractivity contribution in [2.45, 2.75) is 85.0 Å². The van der Waals surface area contributed by atoms with Crippen LogP contribution in [0, 0.1) is 22.7 Å². The molecule has 1 unspecified atom stereocenters. The van der Waals surface area contributed by atoms with E-state index in [1.165, 1.54) is 11.4 Å². The standard InChI is InChI=1S/C51H54N4O/c1-5-9-25-54(26-10-6-2)46-23-21-40(42-29-35-17-13-15-19-37(35)31-44(42)46)49-48(39(33-52)34-53)50(51(49)56)41-22-24-47(55(27-11-7-3)28-12-8-4)45-32-38-20-16-14-18-36(38)30-43(41)45/h13-24,29-32,49,56H,5-12,25-28H2,1-4H3. The molecule has 0 aromatic heterocycles. The summed E-state index contributed by atoms with van der Waals surface area (Å²) in [6.45, 7) is 12.8. The summed E-state index contributed by atoms with van der Waals surface area (Å²) in [4.78, 5) is 5.03. The van der Waals surface area contributed by atoms with Gasteiger partial charge >= 0.3 is 0 Å². The summed E-state index contributed by atoms with van der Waals surface area (Å²) in [5, 5.41) is 42.3. The van der Waals surface area contributed by atoms with Gasteiger partial charge in [0.05, 0.1) is 5.92 Å². The number of aliphatic hydroxyl groups is 1. The van der Waals surface area contributed by atoms with Crippen LogP contribution < -0.4 is 9.80 Å². The molecule has 0 aliphatic heterocycles. The van der Waals surface area contributed by atoms with Gasteiger partial charge in [-0.3, -0.25) is 0 Å². The molecule has 5 nitrogen and oxygen atoms in total. The summed E-state index contributed by atoms with van der Waals surface area (Å²) in [6, 6.07) is 39.0. The number of aliphatic hydroxyl groups excluding tert-OH is 1. The summed E-state index contributed by atoms with van der Waals surface area (Å²) in [5.74, 6) is -0.410. The van der Waals surface area contributed by atoms with E-state index in [9.17, 15) is 15.6 Å². The van der Waals surface area contributed by atoms with Crippen molar-refractivity contribution in [2.75, 3.05) is 36.0 Å². The number of hydrogen-bond acceptors (Lipinski definition) is 5. The van der Waals surface area contributed by atoms with Crippen molar-refractivity contribution < 1.29 is 5.11 Å². The van der Waals surface area contributed by atoms with Gasteiger partial charge in [-0.2, -0.15) is 10.5 Å². The fourth-order valence-electron chi connectivity index (χ4n) is 8.67. The lowest BCUT2D eigenvalue weighted by molar-refractivity contribution is 0.370. The molecule has 0 radical (unpaired) electrons. The second-order valence-electron chi connectivity index (χ2n) is 15.4. The van der Waals surface area contributed by atoms with Crippen molar-refractivity contribution in [3.05, 3.63) is 125 Å². The number of unbranched alkanes of at least 4 members (excludes halogenated alkanes) is 4. The normalized spacial score (nSPS) is 14.0. The molecule has 0 saturated carbocycles. The molecule has 6 aromatic rings. The van der Waals surface area contributed by atoms with Crippen LogP contribution in [0.4, 0.5) is 11.4 Å². The van der Waals surface area contributed by atoms with Gasteiger partial charge in [-0.25, -0.2) is 0 Å². The Labute approximate surface area is 332 Å². The predicted octanol–water partition coefficient (Wildman–Crippen LogP) is 13.5. The zero-order chi connectivity index (χ0) is 39.2. The molecule has 1 N–H and O–H groups in total. The first kappa shape index (κ1) is 38.5. The van der Waals surface area contributed by atoms with E-state index < -0.39 is 5.92 Å². The molecule has 0 bridgehead atoms. The summed E-state index contributed by atoms with van der Waals surface area (Å²) in [7, 11) is 0. The average molecular weight is 739 g/mol. The lowest BCUT2D eigenvalue weighted by Gasteiger charge is -2.36. The highest BCUT2D eigenvalue weighted by Gasteiger charge is 2.42. The van der Waals surface area contributed by atoms with Crippen LogP contribution in [0.5, 0.6) is 0 Å². The van der Waals surface area contributed by atoms with E-state index in [1.807, 2.05) is 0 Å². The number of nitrogens with zero attached hydrogens (tertiary/aromatic N) is 4. The zero-order valence-electron chi connectivity index (χ0n) is 33.5. The van der Waals surface area contributed by atoms with Gasteiger partial charge in [0.25, 0.3) is 0 Å². The Morgan fingerprint density at radius 2 is 0.964 bits per heavy atom. The average Bonchev–Trinajstić information content (AvgIpc) is 3.23. The van der Waals surface area contributed by atoms with Crippen LogP contribution in [0.3, 0.4) is 0 Å². The second kappa shape index (κ2) is 17.3. The number of anilines is 2. The largest absolute Gasteiger partial charge is 0.511 e. The third-order valence-electron chi connectivity index (χ3n) is 11.7. The van der Waals surface area contributed by atoms with Gasteiger partial charge in [-0.15, -0.1) is 0 Å².